The van der Waals surface area contributed by atoms with Crippen molar-refractivity contribution in [3.63, 3.8) is 0 Å². The molecule has 0 bridgehead atoms. The van der Waals surface area contributed by atoms with Gasteiger partial charge in [-0.2, -0.15) is 0 Å². The first-order valence-electron chi connectivity index (χ1n) is 3.96. The van der Waals surface area contributed by atoms with Gasteiger partial charge in [-0.05, 0) is 43.4 Å². The summed E-state index contributed by atoms with van der Waals surface area (Å²) in [6.07, 6.45) is 6.10. The molecule has 1 heteroatoms. The lowest BCUT2D eigenvalue weighted by molar-refractivity contribution is 0.375. The van der Waals surface area contributed by atoms with Crippen LogP contribution in [0.2, 0.25) is 0 Å². The molecule has 2 aliphatic rings. The minimum absolute atomic E-state index is 1.02. The van der Waals surface area contributed by atoms with E-state index < -0.39 is 0 Å². The molecule has 3 atom stereocenters. The molecule has 0 aromatic rings. The van der Waals surface area contributed by atoms with Crippen LogP contribution in [0.4, 0.5) is 0 Å². The Morgan fingerprint density at radius 1 is 1.11 bits per heavy atom. The number of alkyl halides is 1. The van der Waals surface area contributed by atoms with Crippen molar-refractivity contribution in [2.45, 2.75) is 25.7 Å². The molecule has 0 aromatic carbocycles. The number of fused-ring (bicyclic) bond motifs is 1. The highest BCUT2D eigenvalue weighted by Crippen LogP contribution is 2.51. The molecule has 0 radical (unpaired) electrons. The van der Waals surface area contributed by atoms with Crippen LogP contribution in [0.3, 0.4) is 0 Å². The van der Waals surface area contributed by atoms with Crippen LogP contribution >= 0.6 is 15.9 Å². The third-order valence-electron chi connectivity index (χ3n) is 2.87. The molecule has 0 aromatic heterocycles. The van der Waals surface area contributed by atoms with Crippen LogP contribution in [0.15, 0.2) is 0 Å². The molecule has 0 saturated heterocycles. The van der Waals surface area contributed by atoms with Crippen molar-refractivity contribution in [1.82, 2.24) is 0 Å². The molecular weight excluding hydrogens is 176 g/mol. The van der Waals surface area contributed by atoms with Crippen LogP contribution in [0, 0.1) is 17.8 Å². The molecule has 0 nitrogen and oxygen atoms in total. The summed E-state index contributed by atoms with van der Waals surface area (Å²) in [5.74, 6) is 3.34. The van der Waals surface area contributed by atoms with Gasteiger partial charge >= 0.3 is 0 Å². The summed E-state index contributed by atoms with van der Waals surface area (Å²) in [7, 11) is 0. The molecular formula is C8H13Br. The standard InChI is InChI=1S/C8H13Br/c9-5-6-1-2-7-4-8(7)3-6/h6-8H,1-5H2. The number of halogens is 1. The van der Waals surface area contributed by atoms with E-state index in [1.807, 2.05) is 0 Å². The van der Waals surface area contributed by atoms with Gasteiger partial charge in [-0.1, -0.05) is 15.9 Å². The van der Waals surface area contributed by atoms with Gasteiger partial charge in [-0.25, -0.2) is 0 Å². The lowest BCUT2D eigenvalue weighted by Crippen LogP contribution is -2.08. The van der Waals surface area contributed by atoms with Crippen LogP contribution in [0.25, 0.3) is 0 Å². The molecule has 9 heavy (non-hydrogen) atoms. The van der Waals surface area contributed by atoms with Crippen molar-refractivity contribution < 1.29 is 0 Å². The van der Waals surface area contributed by atoms with Gasteiger partial charge < -0.3 is 0 Å². The van der Waals surface area contributed by atoms with E-state index in [1.165, 1.54) is 30.5 Å². The van der Waals surface area contributed by atoms with E-state index in [0.29, 0.717) is 0 Å². The Hall–Kier alpha value is 0.480. The Bertz CT molecular complexity index is 111. The monoisotopic (exact) mass is 188 g/mol. The Labute approximate surface area is 65.1 Å². The Balaban J connectivity index is 1.86. The van der Waals surface area contributed by atoms with Gasteiger partial charge in [0, 0.05) is 5.33 Å². The first kappa shape index (κ1) is 6.21. The second kappa shape index (κ2) is 2.26. The second-order valence-corrected chi connectivity index (χ2v) is 4.24. The smallest absolute Gasteiger partial charge is 0.00597 e. The molecule has 0 spiro atoms. The maximum Gasteiger partial charge on any atom is 0.00597 e. The zero-order valence-corrected chi connectivity index (χ0v) is 7.23. The summed E-state index contributed by atoms with van der Waals surface area (Å²) >= 11 is 3.56. The largest absolute Gasteiger partial charge is 0.0925 e. The predicted molar refractivity (Wildman–Crippen MR) is 42.7 cm³/mol. The minimum Gasteiger partial charge on any atom is -0.0925 e. The summed E-state index contributed by atoms with van der Waals surface area (Å²) in [6, 6.07) is 0. The Kier molecular flexibility index (Phi) is 1.56. The molecule has 0 N–H and O–H groups in total. The number of rotatable bonds is 1. The van der Waals surface area contributed by atoms with Gasteiger partial charge in [-0.15, -0.1) is 0 Å². The lowest BCUT2D eigenvalue weighted by atomic mass is 9.91. The topological polar surface area (TPSA) is 0 Å². The van der Waals surface area contributed by atoms with Crippen LogP contribution < -0.4 is 0 Å². The van der Waals surface area contributed by atoms with Crippen LogP contribution in [0.5, 0.6) is 0 Å². The van der Waals surface area contributed by atoms with Crippen LogP contribution in [-0.2, 0) is 0 Å². The number of hydrogen-bond acceptors (Lipinski definition) is 0. The average Bonchev–Trinajstić information content (AvgIpc) is 2.64. The molecule has 2 aliphatic carbocycles. The third kappa shape index (κ3) is 1.17. The van der Waals surface area contributed by atoms with Crippen LogP contribution in [0.1, 0.15) is 25.7 Å². The van der Waals surface area contributed by atoms with Gasteiger partial charge in [0.25, 0.3) is 0 Å². The predicted octanol–water partition coefficient (Wildman–Crippen LogP) is 2.82. The van der Waals surface area contributed by atoms with Gasteiger partial charge in [0.1, 0.15) is 0 Å². The van der Waals surface area contributed by atoms with Gasteiger partial charge in [-0.3, -0.25) is 0 Å². The zero-order valence-electron chi connectivity index (χ0n) is 5.65. The lowest BCUT2D eigenvalue weighted by Gasteiger charge is -2.17. The van der Waals surface area contributed by atoms with E-state index in [4.69, 9.17) is 0 Å². The first-order valence-corrected chi connectivity index (χ1v) is 5.08. The van der Waals surface area contributed by atoms with E-state index in [9.17, 15) is 0 Å². The first-order chi connectivity index (χ1) is 4.40. The summed E-state index contributed by atoms with van der Waals surface area (Å²) in [6.45, 7) is 0. The van der Waals surface area contributed by atoms with Gasteiger partial charge in [0.2, 0.25) is 0 Å². The van der Waals surface area contributed by atoms with Crippen molar-refractivity contribution in [2.75, 3.05) is 5.33 Å². The van der Waals surface area contributed by atoms with Crippen molar-refractivity contribution in [3.05, 3.63) is 0 Å². The van der Waals surface area contributed by atoms with Gasteiger partial charge in [0.05, 0.1) is 0 Å². The van der Waals surface area contributed by atoms with E-state index in [2.05, 4.69) is 15.9 Å². The van der Waals surface area contributed by atoms with Crippen molar-refractivity contribution >= 4 is 15.9 Å². The maximum atomic E-state index is 3.56. The summed E-state index contributed by atoms with van der Waals surface area (Å²) in [4.78, 5) is 0. The molecule has 2 fully saturated rings. The highest BCUT2D eigenvalue weighted by Gasteiger charge is 2.41. The molecule has 0 amide bonds. The number of hydrogen-bond donors (Lipinski definition) is 0. The fraction of sp³-hybridized carbons (Fsp3) is 1.00. The van der Waals surface area contributed by atoms with Gasteiger partial charge in [0.15, 0.2) is 0 Å². The third-order valence-corrected chi connectivity index (χ3v) is 3.78. The second-order valence-electron chi connectivity index (χ2n) is 3.59. The van der Waals surface area contributed by atoms with E-state index in [-0.39, 0.29) is 0 Å². The SMILES string of the molecule is BrCC1CCC2CC2C1. The van der Waals surface area contributed by atoms with Crippen molar-refractivity contribution in [1.29, 1.82) is 0 Å². The van der Waals surface area contributed by atoms with Crippen LogP contribution in [-0.4, -0.2) is 5.33 Å². The quantitative estimate of drug-likeness (QED) is 0.556. The Morgan fingerprint density at radius 2 is 2.00 bits per heavy atom. The summed E-state index contributed by atoms with van der Waals surface area (Å²) in [5.41, 5.74) is 0. The normalized spacial score (nSPS) is 48.3. The molecule has 2 rings (SSSR count). The molecule has 0 aliphatic heterocycles. The van der Waals surface area contributed by atoms with Crippen molar-refractivity contribution in [3.8, 4) is 0 Å². The maximum absolute atomic E-state index is 3.56. The van der Waals surface area contributed by atoms with E-state index in [0.717, 1.165) is 11.8 Å². The summed E-state index contributed by atoms with van der Waals surface area (Å²) < 4.78 is 0. The molecule has 52 valence electrons. The summed E-state index contributed by atoms with van der Waals surface area (Å²) in [5, 5.41) is 1.25. The van der Waals surface area contributed by atoms with E-state index >= 15 is 0 Å². The Morgan fingerprint density at radius 3 is 2.67 bits per heavy atom. The highest BCUT2D eigenvalue weighted by molar-refractivity contribution is 9.09. The highest BCUT2D eigenvalue weighted by atomic mass is 79.9. The zero-order chi connectivity index (χ0) is 6.27. The van der Waals surface area contributed by atoms with E-state index in [1.54, 1.807) is 6.42 Å². The fourth-order valence-electron chi connectivity index (χ4n) is 2.09. The fourth-order valence-corrected chi connectivity index (χ4v) is 2.68. The van der Waals surface area contributed by atoms with Crippen molar-refractivity contribution in [2.24, 2.45) is 17.8 Å². The average molecular weight is 189 g/mol. The minimum atomic E-state index is 1.02. The molecule has 2 saturated carbocycles. The molecule has 0 heterocycles. The molecule has 3 unspecified atom stereocenters.